The Morgan fingerprint density at radius 1 is 1.69 bits per heavy atom. The monoisotopic (exact) mass is 178 g/mol. The molecule has 0 aliphatic rings. The maximum Gasteiger partial charge on any atom is 0.168 e. The lowest BCUT2D eigenvalue weighted by atomic mass is 9.98. The van der Waals surface area contributed by atoms with Crippen molar-refractivity contribution in [3.05, 3.63) is 29.6 Å². The lowest BCUT2D eigenvalue weighted by Gasteiger charge is -2.08. The average molecular weight is 178 g/mol. The predicted octanol–water partition coefficient (Wildman–Crippen LogP) is 1.17. The first-order valence-electron chi connectivity index (χ1n) is 4.31. The zero-order valence-corrected chi connectivity index (χ0v) is 7.95. The molecule has 0 spiro atoms. The molecule has 13 heavy (non-hydrogen) atoms. The van der Waals surface area contributed by atoms with Crippen molar-refractivity contribution < 1.29 is 4.79 Å². The number of hydrogen-bond acceptors (Lipinski definition) is 3. The topological polar surface area (TPSA) is 56.0 Å². The third-order valence-corrected chi connectivity index (χ3v) is 2.11. The summed E-state index contributed by atoms with van der Waals surface area (Å²) in [5.41, 5.74) is 7.06. The number of aromatic nitrogens is 1. The van der Waals surface area contributed by atoms with Gasteiger partial charge < -0.3 is 5.73 Å². The Morgan fingerprint density at radius 3 is 2.92 bits per heavy atom. The second kappa shape index (κ2) is 4.14. The van der Waals surface area contributed by atoms with Crippen LogP contribution < -0.4 is 5.73 Å². The van der Waals surface area contributed by atoms with Crippen LogP contribution >= 0.6 is 0 Å². The van der Waals surface area contributed by atoms with Gasteiger partial charge in [-0.25, -0.2) is 0 Å². The van der Waals surface area contributed by atoms with Gasteiger partial charge in [-0.15, -0.1) is 0 Å². The standard InChI is InChI=1S/C10H14N2O/c1-7-3-4-12-6-9(7)10(13)8(2)5-11/h3-4,6,8H,5,11H2,1-2H3. The van der Waals surface area contributed by atoms with Crippen LogP contribution in [0.2, 0.25) is 0 Å². The molecule has 0 aliphatic carbocycles. The summed E-state index contributed by atoms with van der Waals surface area (Å²) >= 11 is 0. The largest absolute Gasteiger partial charge is 0.330 e. The van der Waals surface area contributed by atoms with E-state index in [4.69, 9.17) is 5.73 Å². The van der Waals surface area contributed by atoms with Crippen molar-refractivity contribution in [2.24, 2.45) is 11.7 Å². The smallest absolute Gasteiger partial charge is 0.168 e. The number of carbonyl (C=O) groups is 1. The first-order valence-corrected chi connectivity index (χ1v) is 4.31. The number of aryl methyl sites for hydroxylation is 1. The second-order valence-electron chi connectivity index (χ2n) is 3.19. The SMILES string of the molecule is Cc1ccncc1C(=O)C(C)CN. The molecule has 0 fully saturated rings. The summed E-state index contributed by atoms with van der Waals surface area (Å²) in [7, 11) is 0. The molecule has 2 N–H and O–H groups in total. The molecule has 0 amide bonds. The highest BCUT2D eigenvalue weighted by atomic mass is 16.1. The quantitative estimate of drug-likeness (QED) is 0.707. The Labute approximate surface area is 78.0 Å². The molecule has 1 aromatic heterocycles. The normalized spacial score (nSPS) is 12.5. The number of rotatable bonds is 3. The van der Waals surface area contributed by atoms with Gasteiger partial charge in [0.1, 0.15) is 0 Å². The maximum absolute atomic E-state index is 11.7. The molecule has 1 unspecified atom stereocenters. The fourth-order valence-electron chi connectivity index (χ4n) is 1.09. The minimum absolute atomic E-state index is 0.0769. The number of pyridine rings is 1. The van der Waals surface area contributed by atoms with Crippen molar-refractivity contribution in [2.45, 2.75) is 13.8 Å². The number of carbonyl (C=O) groups excluding carboxylic acids is 1. The van der Waals surface area contributed by atoms with E-state index in [9.17, 15) is 4.79 Å². The molecular formula is C10H14N2O. The first kappa shape index (κ1) is 9.86. The molecule has 3 nitrogen and oxygen atoms in total. The van der Waals surface area contributed by atoms with Crippen LogP contribution in [-0.2, 0) is 0 Å². The zero-order chi connectivity index (χ0) is 9.84. The number of nitrogens with two attached hydrogens (primary N) is 1. The molecule has 3 heteroatoms. The molecule has 0 saturated heterocycles. The van der Waals surface area contributed by atoms with E-state index in [1.165, 1.54) is 0 Å². The summed E-state index contributed by atoms with van der Waals surface area (Å²) in [6.45, 7) is 4.11. The van der Waals surface area contributed by atoms with Crippen molar-refractivity contribution in [3.8, 4) is 0 Å². The van der Waals surface area contributed by atoms with Gasteiger partial charge in [0.15, 0.2) is 5.78 Å². The highest BCUT2D eigenvalue weighted by Gasteiger charge is 2.15. The molecule has 0 aliphatic heterocycles. The van der Waals surface area contributed by atoms with E-state index >= 15 is 0 Å². The van der Waals surface area contributed by atoms with Crippen LogP contribution in [0.1, 0.15) is 22.8 Å². The van der Waals surface area contributed by atoms with Crippen molar-refractivity contribution in [3.63, 3.8) is 0 Å². The molecule has 1 rings (SSSR count). The zero-order valence-electron chi connectivity index (χ0n) is 7.95. The van der Waals surface area contributed by atoms with E-state index in [0.29, 0.717) is 12.1 Å². The van der Waals surface area contributed by atoms with E-state index in [0.717, 1.165) is 5.56 Å². The Kier molecular flexibility index (Phi) is 3.14. The van der Waals surface area contributed by atoms with Gasteiger partial charge in [-0.1, -0.05) is 6.92 Å². The number of ketones is 1. The Balaban J connectivity index is 2.95. The summed E-state index contributed by atoms with van der Waals surface area (Å²) in [6.07, 6.45) is 3.28. The summed E-state index contributed by atoms with van der Waals surface area (Å²) in [5.74, 6) is -0.0454. The van der Waals surface area contributed by atoms with Crippen LogP contribution in [0.5, 0.6) is 0 Å². The summed E-state index contributed by atoms with van der Waals surface area (Å²) in [4.78, 5) is 15.6. The lowest BCUT2D eigenvalue weighted by molar-refractivity contribution is 0.0933. The highest BCUT2D eigenvalue weighted by Crippen LogP contribution is 2.10. The molecule has 0 bridgehead atoms. The van der Waals surface area contributed by atoms with Crippen molar-refractivity contribution >= 4 is 5.78 Å². The fraction of sp³-hybridized carbons (Fsp3) is 0.400. The van der Waals surface area contributed by atoms with Crippen molar-refractivity contribution in [2.75, 3.05) is 6.54 Å². The van der Waals surface area contributed by atoms with E-state index < -0.39 is 0 Å². The predicted molar refractivity (Wildman–Crippen MR) is 51.5 cm³/mol. The van der Waals surface area contributed by atoms with Crippen molar-refractivity contribution in [1.82, 2.24) is 4.98 Å². The van der Waals surface area contributed by atoms with Gasteiger partial charge in [0.25, 0.3) is 0 Å². The minimum atomic E-state index is -0.122. The van der Waals surface area contributed by atoms with Crippen LogP contribution in [0.15, 0.2) is 18.5 Å². The van der Waals surface area contributed by atoms with E-state index in [2.05, 4.69) is 4.98 Å². The van der Waals surface area contributed by atoms with Gasteiger partial charge in [0.2, 0.25) is 0 Å². The Bertz CT molecular complexity index is 310. The number of nitrogens with zero attached hydrogens (tertiary/aromatic N) is 1. The number of hydrogen-bond donors (Lipinski definition) is 1. The lowest BCUT2D eigenvalue weighted by Crippen LogP contribution is -2.21. The number of Topliss-reactive ketones (excluding diaryl/α,β-unsaturated/α-hetero) is 1. The summed E-state index contributed by atoms with van der Waals surface area (Å²) < 4.78 is 0. The minimum Gasteiger partial charge on any atom is -0.330 e. The highest BCUT2D eigenvalue weighted by molar-refractivity contribution is 5.98. The van der Waals surface area contributed by atoms with Crippen LogP contribution in [0.25, 0.3) is 0 Å². The summed E-state index contributed by atoms with van der Waals surface area (Å²) in [5, 5.41) is 0. The Morgan fingerprint density at radius 2 is 2.38 bits per heavy atom. The van der Waals surface area contributed by atoms with Crippen molar-refractivity contribution in [1.29, 1.82) is 0 Å². The molecule has 1 atom stereocenters. The molecule has 1 heterocycles. The first-order chi connectivity index (χ1) is 6.16. The molecule has 1 aromatic rings. The molecule has 0 radical (unpaired) electrons. The maximum atomic E-state index is 11.7. The van der Waals surface area contributed by atoms with Crippen LogP contribution in [0.4, 0.5) is 0 Å². The van der Waals surface area contributed by atoms with Crippen LogP contribution in [0.3, 0.4) is 0 Å². The van der Waals surface area contributed by atoms with Gasteiger partial charge in [0.05, 0.1) is 0 Å². The van der Waals surface area contributed by atoms with Crippen LogP contribution in [0, 0.1) is 12.8 Å². The van der Waals surface area contributed by atoms with Gasteiger partial charge in [0, 0.05) is 30.4 Å². The molecule has 0 aromatic carbocycles. The second-order valence-corrected chi connectivity index (χ2v) is 3.19. The third-order valence-electron chi connectivity index (χ3n) is 2.11. The third kappa shape index (κ3) is 2.12. The van der Waals surface area contributed by atoms with Gasteiger partial charge in [-0.05, 0) is 18.6 Å². The summed E-state index contributed by atoms with van der Waals surface area (Å²) in [6, 6.07) is 1.83. The van der Waals surface area contributed by atoms with Gasteiger partial charge >= 0.3 is 0 Å². The average Bonchev–Trinajstić information content (AvgIpc) is 2.16. The van der Waals surface area contributed by atoms with Gasteiger partial charge in [-0.3, -0.25) is 9.78 Å². The van der Waals surface area contributed by atoms with Crippen LogP contribution in [-0.4, -0.2) is 17.3 Å². The molecule has 0 saturated carbocycles. The van der Waals surface area contributed by atoms with E-state index in [1.54, 1.807) is 12.4 Å². The van der Waals surface area contributed by atoms with E-state index in [1.807, 2.05) is 19.9 Å². The van der Waals surface area contributed by atoms with E-state index in [-0.39, 0.29) is 11.7 Å². The molecular weight excluding hydrogens is 164 g/mol. The van der Waals surface area contributed by atoms with Gasteiger partial charge in [-0.2, -0.15) is 0 Å². The molecule has 70 valence electrons. The Hall–Kier alpha value is -1.22. The fourth-order valence-corrected chi connectivity index (χ4v) is 1.09.